The number of epoxide rings is 1. The number of benzene rings is 1. The SMILES string of the molecule is ClCC[C@@H]1O[C@H]1c1ccccc1. The van der Waals surface area contributed by atoms with Crippen LogP contribution in [0.25, 0.3) is 0 Å². The Morgan fingerprint density at radius 1 is 1.25 bits per heavy atom. The van der Waals surface area contributed by atoms with Gasteiger partial charge in [0.25, 0.3) is 0 Å². The highest BCUT2D eigenvalue weighted by Crippen LogP contribution is 2.40. The topological polar surface area (TPSA) is 12.5 Å². The molecular formula is C10H11ClO. The minimum Gasteiger partial charge on any atom is -0.364 e. The molecule has 1 nitrogen and oxygen atoms in total. The molecule has 1 saturated heterocycles. The Bertz CT molecular complexity index is 247. The Kier molecular flexibility index (Phi) is 2.33. The van der Waals surface area contributed by atoms with Crippen LogP contribution in [0.2, 0.25) is 0 Å². The van der Waals surface area contributed by atoms with Crippen molar-refractivity contribution in [2.75, 3.05) is 5.88 Å². The molecule has 1 aliphatic heterocycles. The number of hydrogen-bond donors (Lipinski definition) is 0. The monoisotopic (exact) mass is 182 g/mol. The van der Waals surface area contributed by atoms with Crippen LogP contribution in [0, 0.1) is 0 Å². The average Bonchev–Trinajstić information content (AvgIpc) is 2.87. The van der Waals surface area contributed by atoms with Crippen molar-refractivity contribution in [3.05, 3.63) is 35.9 Å². The van der Waals surface area contributed by atoms with E-state index in [0.717, 1.165) is 6.42 Å². The average molecular weight is 183 g/mol. The van der Waals surface area contributed by atoms with E-state index in [1.54, 1.807) is 0 Å². The molecule has 0 spiro atoms. The van der Waals surface area contributed by atoms with Crippen LogP contribution in [0.5, 0.6) is 0 Å². The molecule has 1 aliphatic rings. The van der Waals surface area contributed by atoms with Gasteiger partial charge in [0, 0.05) is 5.88 Å². The standard InChI is InChI=1S/C10H11ClO/c11-7-6-9-10(12-9)8-4-2-1-3-5-8/h1-5,9-10H,6-7H2/t9-,10-/m0/s1. The third kappa shape index (κ3) is 1.62. The van der Waals surface area contributed by atoms with Crippen LogP contribution in [-0.2, 0) is 4.74 Å². The molecule has 0 bridgehead atoms. The number of halogens is 1. The fourth-order valence-corrected chi connectivity index (χ4v) is 1.62. The first-order valence-corrected chi connectivity index (χ1v) is 4.71. The Morgan fingerprint density at radius 3 is 2.67 bits per heavy atom. The van der Waals surface area contributed by atoms with Gasteiger partial charge in [-0.1, -0.05) is 30.3 Å². The number of alkyl halides is 1. The Morgan fingerprint density at radius 2 is 2.00 bits per heavy atom. The molecule has 0 unspecified atom stereocenters. The van der Waals surface area contributed by atoms with Crippen LogP contribution >= 0.6 is 11.6 Å². The molecular weight excluding hydrogens is 172 g/mol. The summed E-state index contributed by atoms with van der Waals surface area (Å²) in [5, 5.41) is 0. The maximum atomic E-state index is 5.61. The summed E-state index contributed by atoms with van der Waals surface area (Å²) in [5.74, 6) is 0.688. The van der Waals surface area contributed by atoms with E-state index in [9.17, 15) is 0 Å². The highest BCUT2D eigenvalue weighted by molar-refractivity contribution is 6.17. The van der Waals surface area contributed by atoms with Crippen LogP contribution in [-0.4, -0.2) is 12.0 Å². The van der Waals surface area contributed by atoms with Gasteiger partial charge >= 0.3 is 0 Å². The molecule has 2 heteroatoms. The van der Waals surface area contributed by atoms with Crippen molar-refractivity contribution >= 4 is 11.6 Å². The summed E-state index contributed by atoms with van der Waals surface area (Å²) in [6.07, 6.45) is 1.64. The zero-order valence-electron chi connectivity index (χ0n) is 6.74. The molecule has 2 rings (SSSR count). The highest BCUT2D eigenvalue weighted by Gasteiger charge is 2.38. The van der Waals surface area contributed by atoms with Crippen molar-refractivity contribution in [3.63, 3.8) is 0 Å². The summed E-state index contributed by atoms with van der Waals surface area (Å²) in [6.45, 7) is 0. The van der Waals surface area contributed by atoms with Crippen LogP contribution in [0.3, 0.4) is 0 Å². The van der Waals surface area contributed by atoms with Gasteiger partial charge in [-0.05, 0) is 12.0 Å². The first-order valence-electron chi connectivity index (χ1n) is 4.18. The molecule has 1 aromatic carbocycles. The normalized spacial score (nSPS) is 27.1. The molecule has 2 atom stereocenters. The maximum Gasteiger partial charge on any atom is 0.109 e. The van der Waals surface area contributed by atoms with E-state index in [-0.39, 0.29) is 0 Å². The van der Waals surface area contributed by atoms with Crippen molar-refractivity contribution in [2.24, 2.45) is 0 Å². The first-order chi connectivity index (χ1) is 5.92. The molecule has 0 saturated carbocycles. The van der Waals surface area contributed by atoms with Gasteiger partial charge in [-0.3, -0.25) is 0 Å². The minimum atomic E-state index is 0.310. The minimum absolute atomic E-state index is 0.310. The second-order valence-corrected chi connectivity index (χ2v) is 3.36. The third-order valence-corrected chi connectivity index (χ3v) is 2.32. The summed E-state index contributed by atoms with van der Waals surface area (Å²) >= 11 is 5.61. The van der Waals surface area contributed by atoms with Gasteiger partial charge in [0.1, 0.15) is 6.10 Å². The zero-order chi connectivity index (χ0) is 8.39. The highest BCUT2D eigenvalue weighted by atomic mass is 35.5. The fraction of sp³-hybridized carbons (Fsp3) is 0.400. The summed E-state index contributed by atoms with van der Waals surface area (Å²) in [7, 11) is 0. The summed E-state index contributed by atoms with van der Waals surface area (Å²) in [4.78, 5) is 0. The Hall–Kier alpha value is -0.530. The van der Waals surface area contributed by atoms with E-state index in [0.29, 0.717) is 18.1 Å². The van der Waals surface area contributed by atoms with E-state index in [1.165, 1.54) is 5.56 Å². The molecule has 0 aliphatic carbocycles. The molecule has 0 amide bonds. The van der Waals surface area contributed by atoms with Gasteiger partial charge in [0.15, 0.2) is 0 Å². The van der Waals surface area contributed by atoms with Crippen LogP contribution in [0.15, 0.2) is 30.3 Å². The van der Waals surface area contributed by atoms with Gasteiger partial charge in [-0.25, -0.2) is 0 Å². The lowest BCUT2D eigenvalue weighted by Gasteiger charge is -1.92. The summed E-state index contributed by atoms with van der Waals surface area (Å²) < 4.78 is 5.46. The molecule has 12 heavy (non-hydrogen) atoms. The smallest absolute Gasteiger partial charge is 0.109 e. The lowest BCUT2D eigenvalue weighted by atomic mass is 10.1. The largest absolute Gasteiger partial charge is 0.364 e. The molecule has 1 fully saturated rings. The predicted octanol–water partition coefficient (Wildman–Crippen LogP) is 2.76. The Labute approximate surface area is 77.3 Å². The van der Waals surface area contributed by atoms with Gasteiger partial charge in [-0.15, -0.1) is 11.6 Å². The predicted molar refractivity (Wildman–Crippen MR) is 49.4 cm³/mol. The fourth-order valence-electron chi connectivity index (χ4n) is 1.41. The van der Waals surface area contributed by atoms with Crippen LogP contribution < -0.4 is 0 Å². The number of hydrogen-bond acceptors (Lipinski definition) is 1. The maximum absolute atomic E-state index is 5.61. The van der Waals surface area contributed by atoms with Crippen LogP contribution in [0.4, 0.5) is 0 Å². The Balaban J connectivity index is 1.97. The third-order valence-electron chi connectivity index (χ3n) is 2.10. The van der Waals surface area contributed by atoms with Crippen LogP contribution in [0.1, 0.15) is 18.1 Å². The second-order valence-electron chi connectivity index (χ2n) is 2.98. The molecule has 1 aromatic rings. The first kappa shape index (κ1) is 8.09. The van der Waals surface area contributed by atoms with Gasteiger partial charge in [0.2, 0.25) is 0 Å². The van der Waals surface area contributed by atoms with Crippen molar-refractivity contribution < 1.29 is 4.74 Å². The quantitative estimate of drug-likeness (QED) is 0.517. The van der Waals surface area contributed by atoms with E-state index in [1.807, 2.05) is 18.2 Å². The van der Waals surface area contributed by atoms with E-state index < -0.39 is 0 Å². The lowest BCUT2D eigenvalue weighted by Crippen LogP contribution is -1.89. The molecule has 0 aromatic heterocycles. The van der Waals surface area contributed by atoms with Crippen molar-refractivity contribution in [1.82, 2.24) is 0 Å². The van der Waals surface area contributed by atoms with Crippen molar-refractivity contribution in [3.8, 4) is 0 Å². The van der Waals surface area contributed by atoms with Crippen molar-refractivity contribution in [2.45, 2.75) is 18.6 Å². The van der Waals surface area contributed by atoms with Gasteiger partial charge in [0.05, 0.1) is 6.10 Å². The number of ether oxygens (including phenoxy) is 1. The molecule has 0 radical (unpaired) electrons. The van der Waals surface area contributed by atoms with E-state index >= 15 is 0 Å². The zero-order valence-corrected chi connectivity index (χ0v) is 7.50. The molecule has 64 valence electrons. The molecule has 1 heterocycles. The summed E-state index contributed by atoms with van der Waals surface area (Å²) in [5.41, 5.74) is 1.27. The van der Waals surface area contributed by atoms with Gasteiger partial charge < -0.3 is 4.74 Å². The molecule has 0 N–H and O–H groups in total. The van der Waals surface area contributed by atoms with Gasteiger partial charge in [-0.2, -0.15) is 0 Å². The second kappa shape index (κ2) is 3.46. The van der Waals surface area contributed by atoms with Crippen molar-refractivity contribution in [1.29, 1.82) is 0 Å². The van der Waals surface area contributed by atoms with E-state index in [4.69, 9.17) is 16.3 Å². The number of rotatable bonds is 3. The van der Waals surface area contributed by atoms with E-state index in [2.05, 4.69) is 12.1 Å². The summed E-state index contributed by atoms with van der Waals surface area (Å²) in [6, 6.07) is 10.3. The lowest BCUT2D eigenvalue weighted by molar-refractivity contribution is 0.371.